The molecule has 4 heteroatoms. The SMILES string of the molecule is CCC(C)n1ccc(CC2(CNC(C)C)CCOC2)n1. The van der Waals surface area contributed by atoms with Crippen molar-refractivity contribution in [3.8, 4) is 0 Å². The van der Waals surface area contributed by atoms with E-state index in [2.05, 4.69) is 50.0 Å². The number of hydrogen-bond donors (Lipinski definition) is 1. The molecule has 20 heavy (non-hydrogen) atoms. The van der Waals surface area contributed by atoms with Crippen molar-refractivity contribution in [1.29, 1.82) is 0 Å². The molecule has 0 aromatic carbocycles. The number of nitrogens with zero attached hydrogens (tertiary/aromatic N) is 2. The lowest BCUT2D eigenvalue weighted by Gasteiger charge is -2.28. The fourth-order valence-electron chi connectivity index (χ4n) is 2.70. The van der Waals surface area contributed by atoms with Crippen molar-refractivity contribution in [1.82, 2.24) is 15.1 Å². The summed E-state index contributed by atoms with van der Waals surface area (Å²) in [6.07, 6.45) is 5.37. The molecule has 114 valence electrons. The Labute approximate surface area is 122 Å². The average Bonchev–Trinajstić information content (AvgIpc) is 3.06. The van der Waals surface area contributed by atoms with E-state index >= 15 is 0 Å². The van der Waals surface area contributed by atoms with Crippen LogP contribution in [0.3, 0.4) is 0 Å². The molecule has 1 aliphatic rings. The van der Waals surface area contributed by atoms with Gasteiger partial charge in [0.1, 0.15) is 0 Å². The normalized spacial score (nSPS) is 24.4. The number of nitrogens with one attached hydrogen (secondary N) is 1. The van der Waals surface area contributed by atoms with Gasteiger partial charge in [-0.05, 0) is 25.8 Å². The van der Waals surface area contributed by atoms with E-state index in [9.17, 15) is 0 Å². The van der Waals surface area contributed by atoms with Crippen LogP contribution in [-0.2, 0) is 11.2 Å². The Kier molecular flexibility index (Phi) is 5.22. The van der Waals surface area contributed by atoms with Crippen molar-refractivity contribution in [3.05, 3.63) is 18.0 Å². The molecular formula is C16H29N3O. The highest BCUT2D eigenvalue weighted by molar-refractivity contribution is 5.05. The maximum Gasteiger partial charge on any atom is 0.0631 e. The molecule has 1 aliphatic heterocycles. The van der Waals surface area contributed by atoms with Gasteiger partial charge < -0.3 is 10.1 Å². The molecule has 1 aromatic rings. The quantitative estimate of drug-likeness (QED) is 0.834. The van der Waals surface area contributed by atoms with Crippen LogP contribution in [0.1, 0.15) is 52.3 Å². The van der Waals surface area contributed by atoms with Crippen LogP contribution in [0, 0.1) is 5.41 Å². The molecule has 2 rings (SSSR count). The lowest BCUT2D eigenvalue weighted by molar-refractivity contribution is 0.147. The summed E-state index contributed by atoms with van der Waals surface area (Å²) in [5, 5.41) is 8.32. The Morgan fingerprint density at radius 3 is 2.85 bits per heavy atom. The first-order valence-electron chi connectivity index (χ1n) is 7.90. The molecule has 1 saturated heterocycles. The molecule has 0 saturated carbocycles. The molecular weight excluding hydrogens is 250 g/mol. The zero-order valence-corrected chi connectivity index (χ0v) is 13.4. The minimum absolute atomic E-state index is 0.221. The summed E-state index contributed by atoms with van der Waals surface area (Å²) in [5.74, 6) is 0. The van der Waals surface area contributed by atoms with Gasteiger partial charge in [-0.15, -0.1) is 0 Å². The lowest BCUT2D eigenvalue weighted by atomic mass is 9.82. The topological polar surface area (TPSA) is 39.1 Å². The van der Waals surface area contributed by atoms with Gasteiger partial charge in [-0.3, -0.25) is 4.68 Å². The Balaban J connectivity index is 2.02. The number of ether oxygens (including phenoxy) is 1. The van der Waals surface area contributed by atoms with Crippen molar-refractivity contribution in [2.45, 2.75) is 59.0 Å². The average molecular weight is 279 g/mol. The molecule has 0 amide bonds. The zero-order valence-electron chi connectivity index (χ0n) is 13.4. The molecule has 1 N–H and O–H groups in total. The highest BCUT2D eigenvalue weighted by Gasteiger charge is 2.35. The molecule has 2 atom stereocenters. The van der Waals surface area contributed by atoms with Crippen LogP contribution >= 0.6 is 0 Å². The third kappa shape index (κ3) is 3.83. The van der Waals surface area contributed by atoms with E-state index in [1.807, 2.05) is 0 Å². The lowest BCUT2D eigenvalue weighted by Crippen LogP contribution is -2.39. The van der Waals surface area contributed by atoms with E-state index in [0.717, 1.165) is 39.0 Å². The van der Waals surface area contributed by atoms with Gasteiger partial charge in [0.25, 0.3) is 0 Å². The molecule has 0 radical (unpaired) electrons. The Hall–Kier alpha value is -0.870. The van der Waals surface area contributed by atoms with Crippen LogP contribution in [0.25, 0.3) is 0 Å². The second-order valence-electron chi connectivity index (χ2n) is 6.56. The fraction of sp³-hybridized carbons (Fsp3) is 0.812. The van der Waals surface area contributed by atoms with Gasteiger partial charge in [-0.2, -0.15) is 5.10 Å². The largest absolute Gasteiger partial charge is 0.381 e. The van der Waals surface area contributed by atoms with Gasteiger partial charge in [-0.1, -0.05) is 20.8 Å². The summed E-state index contributed by atoms with van der Waals surface area (Å²) in [7, 11) is 0. The molecule has 1 fully saturated rings. The number of rotatable bonds is 7. The summed E-state index contributed by atoms with van der Waals surface area (Å²) in [4.78, 5) is 0. The molecule has 0 spiro atoms. The monoisotopic (exact) mass is 279 g/mol. The number of aromatic nitrogens is 2. The molecule has 4 nitrogen and oxygen atoms in total. The van der Waals surface area contributed by atoms with E-state index in [4.69, 9.17) is 9.84 Å². The summed E-state index contributed by atoms with van der Waals surface area (Å²) in [5.41, 5.74) is 1.42. The first-order chi connectivity index (χ1) is 9.54. The van der Waals surface area contributed by atoms with E-state index in [-0.39, 0.29) is 5.41 Å². The van der Waals surface area contributed by atoms with Crippen molar-refractivity contribution in [2.24, 2.45) is 5.41 Å². The van der Waals surface area contributed by atoms with Gasteiger partial charge >= 0.3 is 0 Å². The third-order valence-electron chi connectivity index (χ3n) is 4.33. The summed E-state index contributed by atoms with van der Waals surface area (Å²) < 4.78 is 7.76. The molecule has 2 heterocycles. The second kappa shape index (κ2) is 6.72. The van der Waals surface area contributed by atoms with E-state index in [1.165, 1.54) is 5.69 Å². The van der Waals surface area contributed by atoms with Crippen LogP contribution in [0.15, 0.2) is 12.3 Å². The van der Waals surface area contributed by atoms with Crippen LogP contribution in [0.2, 0.25) is 0 Å². The van der Waals surface area contributed by atoms with Crippen LogP contribution in [0.4, 0.5) is 0 Å². The summed E-state index contributed by atoms with van der Waals surface area (Å²) >= 11 is 0. The van der Waals surface area contributed by atoms with Crippen molar-refractivity contribution in [2.75, 3.05) is 19.8 Å². The Bertz CT molecular complexity index is 408. The molecule has 0 bridgehead atoms. The maximum atomic E-state index is 5.67. The van der Waals surface area contributed by atoms with E-state index in [1.54, 1.807) is 0 Å². The highest BCUT2D eigenvalue weighted by atomic mass is 16.5. The Morgan fingerprint density at radius 1 is 1.45 bits per heavy atom. The van der Waals surface area contributed by atoms with E-state index < -0.39 is 0 Å². The predicted molar refractivity (Wildman–Crippen MR) is 81.9 cm³/mol. The van der Waals surface area contributed by atoms with E-state index in [0.29, 0.717) is 12.1 Å². The zero-order chi connectivity index (χ0) is 14.6. The summed E-state index contributed by atoms with van der Waals surface area (Å²) in [6.45, 7) is 11.5. The van der Waals surface area contributed by atoms with Gasteiger partial charge in [0, 0.05) is 43.3 Å². The molecule has 1 aromatic heterocycles. The standard InChI is InChI=1S/C16H29N3O/c1-5-14(4)19-8-6-15(18-19)10-16(7-9-20-12-16)11-17-13(2)3/h6,8,13-14,17H,5,7,9-12H2,1-4H3. The molecule has 0 aliphatic carbocycles. The fourth-order valence-corrected chi connectivity index (χ4v) is 2.70. The maximum absolute atomic E-state index is 5.67. The molecule has 2 unspecified atom stereocenters. The van der Waals surface area contributed by atoms with Crippen LogP contribution < -0.4 is 5.32 Å². The van der Waals surface area contributed by atoms with Crippen LogP contribution in [0.5, 0.6) is 0 Å². The highest BCUT2D eigenvalue weighted by Crippen LogP contribution is 2.32. The van der Waals surface area contributed by atoms with Crippen molar-refractivity contribution >= 4 is 0 Å². The summed E-state index contributed by atoms with van der Waals surface area (Å²) in [6, 6.07) is 3.17. The third-order valence-corrected chi connectivity index (χ3v) is 4.33. The smallest absolute Gasteiger partial charge is 0.0631 e. The van der Waals surface area contributed by atoms with Gasteiger partial charge in [0.15, 0.2) is 0 Å². The minimum atomic E-state index is 0.221. The van der Waals surface area contributed by atoms with Crippen molar-refractivity contribution < 1.29 is 4.74 Å². The van der Waals surface area contributed by atoms with Crippen molar-refractivity contribution in [3.63, 3.8) is 0 Å². The van der Waals surface area contributed by atoms with Gasteiger partial charge in [-0.25, -0.2) is 0 Å². The number of hydrogen-bond acceptors (Lipinski definition) is 3. The predicted octanol–water partition coefficient (Wildman–Crippen LogP) is 2.80. The van der Waals surface area contributed by atoms with Gasteiger partial charge in [0.2, 0.25) is 0 Å². The van der Waals surface area contributed by atoms with Gasteiger partial charge in [0.05, 0.1) is 12.3 Å². The second-order valence-corrected chi connectivity index (χ2v) is 6.56. The van der Waals surface area contributed by atoms with Crippen LogP contribution in [-0.4, -0.2) is 35.6 Å². The first kappa shape index (κ1) is 15.5. The Morgan fingerprint density at radius 2 is 2.25 bits per heavy atom. The first-order valence-corrected chi connectivity index (χ1v) is 7.90. The minimum Gasteiger partial charge on any atom is -0.381 e.